The van der Waals surface area contributed by atoms with E-state index in [2.05, 4.69) is 10.2 Å². The van der Waals surface area contributed by atoms with Gasteiger partial charge in [0.1, 0.15) is 11.4 Å². The van der Waals surface area contributed by atoms with Gasteiger partial charge in [-0.2, -0.15) is 0 Å². The number of hydrogen-bond acceptors (Lipinski definition) is 3. The van der Waals surface area contributed by atoms with Crippen LogP contribution in [0.4, 0.5) is 9.18 Å². The maximum Gasteiger partial charge on any atom is 0.407 e. The number of piperidine rings is 1. The zero-order chi connectivity index (χ0) is 17.7. The van der Waals surface area contributed by atoms with E-state index in [0.29, 0.717) is 0 Å². The average Bonchev–Trinajstić information content (AvgIpc) is 2.48. The number of nitrogens with one attached hydrogen (secondary N) is 1. The molecule has 1 aromatic carbocycles. The molecule has 1 aromatic rings. The molecule has 1 saturated heterocycles. The lowest BCUT2D eigenvalue weighted by Crippen LogP contribution is -2.52. The summed E-state index contributed by atoms with van der Waals surface area (Å²) < 4.78 is 18.4. The highest BCUT2D eigenvalue weighted by atomic mass is 19.1. The second kappa shape index (κ2) is 7.97. The van der Waals surface area contributed by atoms with Crippen molar-refractivity contribution in [2.24, 2.45) is 0 Å². The highest BCUT2D eigenvalue weighted by Crippen LogP contribution is 2.22. The van der Waals surface area contributed by atoms with Crippen LogP contribution >= 0.6 is 0 Å². The van der Waals surface area contributed by atoms with Gasteiger partial charge >= 0.3 is 6.09 Å². The van der Waals surface area contributed by atoms with Crippen molar-refractivity contribution in [3.05, 3.63) is 35.6 Å². The Hall–Kier alpha value is -1.62. The van der Waals surface area contributed by atoms with E-state index in [-0.39, 0.29) is 24.0 Å². The SMILES string of the molecule is CC(NC(=O)OC(C)(C)C)C1CCCCN1Cc1ccc(F)cc1. The highest BCUT2D eigenvalue weighted by molar-refractivity contribution is 5.68. The quantitative estimate of drug-likeness (QED) is 0.900. The summed E-state index contributed by atoms with van der Waals surface area (Å²) in [6.45, 7) is 9.36. The van der Waals surface area contributed by atoms with Gasteiger partial charge in [0, 0.05) is 18.6 Å². The number of amides is 1. The fraction of sp³-hybridized carbons (Fsp3) is 0.632. The molecule has 0 bridgehead atoms. The molecule has 2 rings (SSSR count). The largest absolute Gasteiger partial charge is 0.444 e. The molecule has 1 amide bonds. The number of hydrogen-bond donors (Lipinski definition) is 1. The van der Waals surface area contributed by atoms with Gasteiger partial charge in [-0.15, -0.1) is 0 Å². The Kier molecular flexibility index (Phi) is 6.21. The number of benzene rings is 1. The van der Waals surface area contributed by atoms with E-state index in [1.165, 1.54) is 12.1 Å². The molecule has 0 aromatic heterocycles. The molecule has 4 nitrogen and oxygen atoms in total. The summed E-state index contributed by atoms with van der Waals surface area (Å²) in [5.74, 6) is -0.214. The van der Waals surface area contributed by atoms with Crippen molar-refractivity contribution in [2.75, 3.05) is 6.54 Å². The second-order valence-electron chi connectivity index (χ2n) is 7.59. The van der Waals surface area contributed by atoms with Gasteiger partial charge in [0.25, 0.3) is 0 Å². The minimum absolute atomic E-state index is 0.000554. The monoisotopic (exact) mass is 336 g/mol. The molecule has 0 spiro atoms. The summed E-state index contributed by atoms with van der Waals surface area (Å²) in [4.78, 5) is 14.4. The lowest BCUT2D eigenvalue weighted by molar-refractivity contribution is 0.0436. The molecule has 2 unspecified atom stereocenters. The summed E-state index contributed by atoms with van der Waals surface area (Å²) >= 11 is 0. The lowest BCUT2D eigenvalue weighted by Gasteiger charge is -2.39. The van der Waals surface area contributed by atoms with Crippen molar-refractivity contribution in [2.45, 2.75) is 71.2 Å². The van der Waals surface area contributed by atoms with E-state index in [4.69, 9.17) is 4.74 Å². The Morgan fingerprint density at radius 2 is 2.00 bits per heavy atom. The van der Waals surface area contributed by atoms with Gasteiger partial charge in [0.15, 0.2) is 0 Å². The zero-order valence-electron chi connectivity index (χ0n) is 15.1. The molecule has 134 valence electrons. The van der Waals surface area contributed by atoms with Crippen LogP contribution < -0.4 is 5.32 Å². The molecular formula is C19H29FN2O2. The number of alkyl carbamates (subject to hydrolysis) is 1. The standard InChI is InChI=1S/C19H29FN2O2/c1-14(21-18(23)24-19(2,3)4)17-7-5-6-12-22(17)13-15-8-10-16(20)11-9-15/h8-11,14,17H,5-7,12-13H2,1-4H3,(H,21,23). The van der Waals surface area contributed by atoms with Crippen LogP contribution in [0.5, 0.6) is 0 Å². The Balaban J connectivity index is 1.97. The molecule has 0 aliphatic carbocycles. The van der Waals surface area contributed by atoms with Gasteiger partial charge in [-0.25, -0.2) is 9.18 Å². The topological polar surface area (TPSA) is 41.6 Å². The van der Waals surface area contributed by atoms with Crippen molar-refractivity contribution in [3.63, 3.8) is 0 Å². The molecular weight excluding hydrogens is 307 g/mol. The Morgan fingerprint density at radius 1 is 1.33 bits per heavy atom. The van der Waals surface area contributed by atoms with E-state index in [0.717, 1.165) is 37.9 Å². The first kappa shape index (κ1) is 18.7. The summed E-state index contributed by atoms with van der Waals surface area (Å²) in [5, 5.41) is 2.97. The smallest absolute Gasteiger partial charge is 0.407 e. The highest BCUT2D eigenvalue weighted by Gasteiger charge is 2.29. The van der Waals surface area contributed by atoms with Crippen LogP contribution in [-0.2, 0) is 11.3 Å². The van der Waals surface area contributed by atoms with Gasteiger partial charge in [-0.1, -0.05) is 18.6 Å². The Bertz CT molecular complexity index is 539. The maximum atomic E-state index is 13.1. The summed E-state index contributed by atoms with van der Waals surface area (Å²) in [6, 6.07) is 6.91. The molecule has 2 atom stereocenters. The van der Waals surface area contributed by atoms with E-state index < -0.39 is 5.60 Å². The van der Waals surface area contributed by atoms with Crippen molar-refractivity contribution >= 4 is 6.09 Å². The van der Waals surface area contributed by atoms with E-state index in [1.54, 1.807) is 0 Å². The van der Waals surface area contributed by atoms with Gasteiger partial charge in [0.05, 0.1) is 0 Å². The molecule has 1 aliphatic rings. The average molecular weight is 336 g/mol. The predicted octanol–water partition coefficient (Wildman–Crippen LogP) is 4.09. The fourth-order valence-corrected chi connectivity index (χ4v) is 3.19. The van der Waals surface area contributed by atoms with Crippen LogP contribution in [0.25, 0.3) is 0 Å². The van der Waals surface area contributed by atoms with Crippen molar-refractivity contribution in [3.8, 4) is 0 Å². The fourth-order valence-electron chi connectivity index (χ4n) is 3.19. The third-order valence-electron chi connectivity index (χ3n) is 4.28. The second-order valence-corrected chi connectivity index (χ2v) is 7.59. The maximum absolute atomic E-state index is 13.1. The van der Waals surface area contributed by atoms with Crippen LogP contribution in [0.15, 0.2) is 24.3 Å². The van der Waals surface area contributed by atoms with E-state index >= 15 is 0 Å². The molecule has 1 heterocycles. The molecule has 1 fully saturated rings. The molecule has 0 saturated carbocycles. The first-order chi connectivity index (χ1) is 11.2. The number of rotatable bonds is 4. The van der Waals surface area contributed by atoms with Gasteiger partial charge < -0.3 is 10.1 Å². The van der Waals surface area contributed by atoms with Crippen molar-refractivity contribution in [1.29, 1.82) is 0 Å². The van der Waals surface area contributed by atoms with Gasteiger partial charge in [-0.05, 0) is 64.8 Å². The van der Waals surface area contributed by atoms with Crippen molar-refractivity contribution in [1.82, 2.24) is 10.2 Å². The number of likely N-dealkylation sites (tertiary alicyclic amines) is 1. The Labute approximate surface area is 144 Å². The summed E-state index contributed by atoms with van der Waals surface area (Å²) in [5.41, 5.74) is 0.595. The zero-order valence-corrected chi connectivity index (χ0v) is 15.1. The van der Waals surface area contributed by atoms with Crippen LogP contribution in [0, 0.1) is 5.82 Å². The lowest BCUT2D eigenvalue weighted by atomic mass is 9.96. The molecule has 0 radical (unpaired) electrons. The first-order valence-electron chi connectivity index (χ1n) is 8.72. The minimum Gasteiger partial charge on any atom is -0.444 e. The van der Waals surface area contributed by atoms with Crippen LogP contribution in [0.1, 0.15) is 52.5 Å². The van der Waals surface area contributed by atoms with Gasteiger partial charge in [0.2, 0.25) is 0 Å². The van der Waals surface area contributed by atoms with Crippen molar-refractivity contribution < 1.29 is 13.9 Å². The molecule has 1 aliphatic heterocycles. The number of halogens is 1. The number of carbonyl (C=O) groups is 1. The predicted molar refractivity (Wildman–Crippen MR) is 93.3 cm³/mol. The van der Waals surface area contributed by atoms with Gasteiger partial charge in [-0.3, -0.25) is 4.90 Å². The summed E-state index contributed by atoms with van der Waals surface area (Å²) in [7, 11) is 0. The summed E-state index contributed by atoms with van der Waals surface area (Å²) in [6.07, 6.45) is 2.97. The number of carbonyl (C=O) groups excluding carboxylic acids is 1. The minimum atomic E-state index is -0.496. The molecule has 5 heteroatoms. The number of ether oxygens (including phenoxy) is 1. The number of nitrogens with zero attached hydrogens (tertiary/aromatic N) is 1. The Morgan fingerprint density at radius 3 is 2.62 bits per heavy atom. The molecule has 24 heavy (non-hydrogen) atoms. The van der Waals surface area contributed by atoms with Crippen LogP contribution in [0.2, 0.25) is 0 Å². The molecule has 1 N–H and O–H groups in total. The normalized spacial score (nSPS) is 20.5. The van der Waals surface area contributed by atoms with Crippen LogP contribution in [-0.4, -0.2) is 35.2 Å². The van der Waals surface area contributed by atoms with Crippen LogP contribution in [0.3, 0.4) is 0 Å². The van der Waals surface area contributed by atoms with E-state index in [1.807, 2.05) is 39.8 Å². The first-order valence-corrected chi connectivity index (χ1v) is 8.72. The van der Waals surface area contributed by atoms with E-state index in [9.17, 15) is 9.18 Å². The third-order valence-corrected chi connectivity index (χ3v) is 4.28. The third kappa shape index (κ3) is 5.78.